The molecule has 0 heterocycles. The number of hydrogen-bond acceptors (Lipinski definition) is 2. The molecular formula is C12H16N2O. The van der Waals surface area contributed by atoms with E-state index in [1.807, 2.05) is 24.3 Å². The van der Waals surface area contributed by atoms with E-state index in [1.54, 1.807) is 6.08 Å². The zero-order valence-electron chi connectivity index (χ0n) is 8.70. The molecule has 0 aliphatic carbocycles. The number of carbonyl (C=O) groups is 1. The third-order valence-corrected chi connectivity index (χ3v) is 2.05. The first-order chi connectivity index (χ1) is 7.26. The van der Waals surface area contributed by atoms with Crippen LogP contribution in [0, 0.1) is 0 Å². The summed E-state index contributed by atoms with van der Waals surface area (Å²) in [6.07, 6.45) is 2.91. The highest BCUT2D eigenvalue weighted by Gasteiger charge is 2.00. The first-order valence-electron chi connectivity index (χ1n) is 4.96. The van der Waals surface area contributed by atoms with Gasteiger partial charge in [0.25, 0.3) is 0 Å². The summed E-state index contributed by atoms with van der Waals surface area (Å²) < 4.78 is 0. The summed E-state index contributed by atoms with van der Waals surface area (Å²) in [5.74, 6) is 0.00963. The number of benzene rings is 1. The fourth-order valence-corrected chi connectivity index (χ4v) is 1.18. The summed E-state index contributed by atoms with van der Waals surface area (Å²) in [7, 11) is 0. The smallest absolute Gasteiger partial charge is 0.224 e. The fraction of sp³-hybridized carbons (Fsp3) is 0.250. The van der Waals surface area contributed by atoms with Crippen LogP contribution in [0.3, 0.4) is 0 Å². The molecule has 1 aromatic carbocycles. The lowest BCUT2D eigenvalue weighted by Crippen LogP contribution is -2.10. The van der Waals surface area contributed by atoms with Gasteiger partial charge in [0.15, 0.2) is 0 Å². The Kier molecular flexibility index (Phi) is 4.57. The zero-order chi connectivity index (χ0) is 11.1. The molecule has 0 aliphatic rings. The molecule has 0 aliphatic heterocycles. The first-order valence-corrected chi connectivity index (χ1v) is 4.96. The summed E-state index contributed by atoms with van der Waals surface area (Å²) in [5.41, 5.74) is 7.33. The number of amides is 1. The normalized spacial score (nSPS) is 9.67. The molecule has 0 atom stereocenters. The Hall–Kier alpha value is -1.61. The van der Waals surface area contributed by atoms with Crippen molar-refractivity contribution in [3.63, 3.8) is 0 Å². The molecule has 1 amide bonds. The van der Waals surface area contributed by atoms with E-state index in [0.717, 1.165) is 11.3 Å². The zero-order valence-corrected chi connectivity index (χ0v) is 8.70. The molecule has 3 heteroatoms. The lowest BCUT2D eigenvalue weighted by Gasteiger charge is -2.04. The number of hydrogen-bond donors (Lipinski definition) is 2. The van der Waals surface area contributed by atoms with Crippen LogP contribution in [0.5, 0.6) is 0 Å². The van der Waals surface area contributed by atoms with Crippen molar-refractivity contribution in [2.75, 3.05) is 5.32 Å². The molecule has 0 saturated carbocycles. The Morgan fingerprint density at radius 2 is 2.07 bits per heavy atom. The largest absolute Gasteiger partial charge is 0.326 e. The minimum atomic E-state index is 0.00963. The van der Waals surface area contributed by atoms with Gasteiger partial charge in [0, 0.05) is 18.7 Å². The van der Waals surface area contributed by atoms with Gasteiger partial charge in [0.05, 0.1) is 0 Å². The Balaban J connectivity index is 2.49. The van der Waals surface area contributed by atoms with Crippen molar-refractivity contribution in [2.45, 2.75) is 19.4 Å². The van der Waals surface area contributed by atoms with E-state index in [9.17, 15) is 4.79 Å². The van der Waals surface area contributed by atoms with Gasteiger partial charge in [0.1, 0.15) is 0 Å². The van der Waals surface area contributed by atoms with E-state index in [-0.39, 0.29) is 5.91 Å². The van der Waals surface area contributed by atoms with Gasteiger partial charge in [0.2, 0.25) is 5.91 Å². The van der Waals surface area contributed by atoms with Crippen molar-refractivity contribution < 1.29 is 4.79 Å². The summed E-state index contributed by atoms with van der Waals surface area (Å²) in [6, 6.07) is 7.52. The molecule has 1 rings (SSSR count). The van der Waals surface area contributed by atoms with Crippen molar-refractivity contribution in [1.29, 1.82) is 0 Å². The molecule has 3 nitrogen and oxygen atoms in total. The van der Waals surface area contributed by atoms with Crippen LogP contribution in [0.25, 0.3) is 0 Å². The predicted octanol–water partition coefficient (Wildman–Crippen LogP) is 2.05. The van der Waals surface area contributed by atoms with E-state index in [0.29, 0.717) is 19.4 Å². The molecule has 0 unspecified atom stereocenters. The second-order valence-electron chi connectivity index (χ2n) is 3.28. The highest BCUT2D eigenvalue weighted by molar-refractivity contribution is 5.90. The molecule has 80 valence electrons. The van der Waals surface area contributed by atoms with Crippen molar-refractivity contribution in [3.05, 3.63) is 42.5 Å². The molecule has 1 aromatic rings. The maximum absolute atomic E-state index is 11.3. The third-order valence-electron chi connectivity index (χ3n) is 2.05. The van der Waals surface area contributed by atoms with Gasteiger partial charge in [-0.25, -0.2) is 0 Å². The molecule has 0 bridgehead atoms. The molecule has 3 N–H and O–H groups in total. The standard InChI is InChI=1S/C12H16N2O/c1-2-3-4-12(15)14-11-7-5-10(9-13)6-8-11/h2,5-8H,1,3-4,9,13H2,(H,14,15). The number of anilines is 1. The summed E-state index contributed by atoms with van der Waals surface area (Å²) >= 11 is 0. The number of carbonyl (C=O) groups excluding carboxylic acids is 1. The van der Waals surface area contributed by atoms with Gasteiger partial charge >= 0.3 is 0 Å². The van der Waals surface area contributed by atoms with Crippen LogP contribution in [-0.4, -0.2) is 5.91 Å². The molecule has 0 radical (unpaired) electrons. The lowest BCUT2D eigenvalue weighted by atomic mass is 10.2. The SMILES string of the molecule is C=CCCC(=O)Nc1ccc(CN)cc1. The van der Waals surface area contributed by atoms with Gasteiger partial charge in [-0.3, -0.25) is 4.79 Å². The van der Waals surface area contributed by atoms with E-state index in [2.05, 4.69) is 11.9 Å². The van der Waals surface area contributed by atoms with Crippen molar-refractivity contribution in [1.82, 2.24) is 0 Å². The Morgan fingerprint density at radius 3 is 2.60 bits per heavy atom. The van der Waals surface area contributed by atoms with E-state index in [4.69, 9.17) is 5.73 Å². The molecule has 0 spiro atoms. The molecule has 0 saturated heterocycles. The lowest BCUT2D eigenvalue weighted by molar-refractivity contribution is -0.116. The number of nitrogens with one attached hydrogen (secondary N) is 1. The number of allylic oxidation sites excluding steroid dienone is 1. The van der Waals surface area contributed by atoms with Gasteiger partial charge < -0.3 is 11.1 Å². The molecule has 0 fully saturated rings. The number of nitrogens with two attached hydrogens (primary N) is 1. The van der Waals surface area contributed by atoms with Gasteiger partial charge in [-0.1, -0.05) is 18.2 Å². The summed E-state index contributed by atoms with van der Waals surface area (Å²) in [5, 5.41) is 2.80. The highest BCUT2D eigenvalue weighted by Crippen LogP contribution is 2.09. The van der Waals surface area contributed by atoms with Crippen LogP contribution in [0.2, 0.25) is 0 Å². The maximum Gasteiger partial charge on any atom is 0.224 e. The minimum Gasteiger partial charge on any atom is -0.326 e. The van der Waals surface area contributed by atoms with Gasteiger partial charge in [-0.15, -0.1) is 6.58 Å². The van der Waals surface area contributed by atoms with E-state index in [1.165, 1.54) is 0 Å². The molecular weight excluding hydrogens is 188 g/mol. The Bertz CT molecular complexity index is 330. The average Bonchev–Trinajstić information content (AvgIpc) is 2.27. The summed E-state index contributed by atoms with van der Waals surface area (Å²) in [4.78, 5) is 11.3. The van der Waals surface area contributed by atoms with Gasteiger partial charge in [-0.05, 0) is 24.1 Å². The summed E-state index contributed by atoms with van der Waals surface area (Å²) in [6.45, 7) is 4.09. The monoisotopic (exact) mass is 204 g/mol. The van der Waals surface area contributed by atoms with Crippen LogP contribution < -0.4 is 11.1 Å². The Morgan fingerprint density at radius 1 is 1.40 bits per heavy atom. The predicted molar refractivity (Wildman–Crippen MR) is 62.4 cm³/mol. The van der Waals surface area contributed by atoms with Crippen LogP contribution >= 0.6 is 0 Å². The molecule has 15 heavy (non-hydrogen) atoms. The maximum atomic E-state index is 11.3. The molecule has 0 aromatic heterocycles. The van der Waals surface area contributed by atoms with Crippen LogP contribution in [0.1, 0.15) is 18.4 Å². The second-order valence-corrected chi connectivity index (χ2v) is 3.28. The van der Waals surface area contributed by atoms with E-state index < -0.39 is 0 Å². The van der Waals surface area contributed by atoms with E-state index >= 15 is 0 Å². The third kappa shape index (κ3) is 3.95. The first kappa shape index (κ1) is 11.5. The topological polar surface area (TPSA) is 55.1 Å². The van der Waals surface area contributed by atoms with Gasteiger partial charge in [-0.2, -0.15) is 0 Å². The second kappa shape index (κ2) is 5.98. The quantitative estimate of drug-likeness (QED) is 0.721. The van der Waals surface area contributed by atoms with Crippen molar-refractivity contribution in [2.24, 2.45) is 5.73 Å². The van der Waals surface area contributed by atoms with Crippen LogP contribution in [0.15, 0.2) is 36.9 Å². The highest BCUT2D eigenvalue weighted by atomic mass is 16.1. The number of rotatable bonds is 5. The van der Waals surface area contributed by atoms with Crippen molar-refractivity contribution >= 4 is 11.6 Å². The Labute approximate surface area is 90.0 Å². The minimum absolute atomic E-state index is 0.00963. The fourth-order valence-electron chi connectivity index (χ4n) is 1.18. The van der Waals surface area contributed by atoms with Crippen LogP contribution in [-0.2, 0) is 11.3 Å². The van der Waals surface area contributed by atoms with Crippen molar-refractivity contribution in [3.8, 4) is 0 Å². The van der Waals surface area contributed by atoms with Crippen LogP contribution in [0.4, 0.5) is 5.69 Å². The average molecular weight is 204 g/mol.